The van der Waals surface area contributed by atoms with Crippen LogP contribution in [0.5, 0.6) is 0 Å². The van der Waals surface area contributed by atoms with Crippen LogP contribution in [-0.4, -0.2) is 4.98 Å². The minimum atomic E-state index is 0.622. The molecule has 0 aliphatic heterocycles. The summed E-state index contributed by atoms with van der Waals surface area (Å²) in [6.45, 7) is 0. The van der Waals surface area contributed by atoms with E-state index in [1.54, 1.807) is 6.20 Å². The number of aromatic nitrogens is 1. The molecule has 16 heavy (non-hydrogen) atoms. The Hall–Kier alpha value is -1.54. The molecule has 0 aliphatic carbocycles. The second kappa shape index (κ2) is 4.99. The fourth-order valence-electron chi connectivity index (χ4n) is 1.59. The van der Waals surface area contributed by atoms with Crippen molar-refractivity contribution >= 4 is 17.4 Å². The Morgan fingerprint density at radius 2 is 1.81 bits per heavy atom. The maximum atomic E-state index is 5.82. The second-order valence-electron chi connectivity index (χ2n) is 3.67. The number of rotatable bonds is 3. The zero-order valence-corrected chi connectivity index (χ0v) is 9.61. The second-order valence-corrected chi connectivity index (χ2v) is 4.11. The molecular formula is C13H13ClN2. The van der Waals surface area contributed by atoms with Crippen LogP contribution < -0.4 is 5.73 Å². The van der Waals surface area contributed by atoms with E-state index in [9.17, 15) is 0 Å². The van der Waals surface area contributed by atoms with Gasteiger partial charge in [0.1, 0.15) is 5.82 Å². The lowest BCUT2D eigenvalue weighted by molar-refractivity contribution is 0.954. The summed E-state index contributed by atoms with van der Waals surface area (Å²) in [6, 6.07) is 11.8. The normalized spacial score (nSPS) is 10.3. The van der Waals surface area contributed by atoms with Crippen molar-refractivity contribution in [3.05, 3.63) is 58.7 Å². The van der Waals surface area contributed by atoms with E-state index in [4.69, 9.17) is 17.3 Å². The van der Waals surface area contributed by atoms with E-state index in [2.05, 4.69) is 4.98 Å². The number of hydrogen-bond donors (Lipinski definition) is 1. The van der Waals surface area contributed by atoms with E-state index >= 15 is 0 Å². The van der Waals surface area contributed by atoms with Gasteiger partial charge in [-0.15, -0.1) is 0 Å². The van der Waals surface area contributed by atoms with Gasteiger partial charge in [0.2, 0.25) is 0 Å². The molecule has 0 fully saturated rings. The van der Waals surface area contributed by atoms with Gasteiger partial charge >= 0.3 is 0 Å². The molecule has 0 saturated carbocycles. The molecule has 1 heterocycles. The van der Waals surface area contributed by atoms with Gasteiger partial charge in [-0.3, -0.25) is 0 Å². The molecule has 0 radical (unpaired) electrons. The Morgan fingerprint density at radius 1 is 1.06 bits per heavy atom. The van der Waals surface area contributed by atoms with Gasteiger partial charge in [-0.2, -0.15) is 0 Å². The summed E-state index contributed by atoms with van der Waals surface area (Å²) in [7, 11) is 0. The number of hydrogen-bond acceptors (Lipinski definition) is 2. The number of nitrogens with two attached hydrogens (primary N) is 1. The van der Waals surface area contributed by atoms with Crippen LogP contribution >= 0.6 is 11.6 Å². The van der Waals surface area contributed by atoms with Crippen LogP contribution in [0.15, 0.2) is 42.6 Å². The van der Waals surface area contributed by atoms with E-state index in [1.807, 2.05) is 36.4 Å². The highest BCUT2D eigenvalue weighted by Gasteiger charge is 2.00. The molecule has 2 N–H and O–H groups in total. The number of pyridine rings is 1. The third kappa shape index (κ3) is 2.74. The van der Waals surface area contributed by atoms with Crippen molar-refractivity contribution in [1.29, 1.82) is 0 Å². The molecule has 0 bridgehead atoms. The molecule has 2 rings (SSSR count). The highest BCUT2D eigenvalue weighted by atomic mass is 35.5. The summed E-state index contributed by atoms with van der Waals surface area (Å²) < 4.78 is 0. The third-order valence-corrected chi connectivity index (χ3v) is 2.77. The van der Waals surface area contributed by atoms with Crippen molar-refractivity contribution in [1.82, 2.24) is 4.98 Å². The van der Waals surface area contributed by atoms with Crippen LogP contribution in [0, 0.1) is 0 Å². The van der Waals surface area contributed by atoms with E-state index in [1.165, 1.54) is 5.56 Å². The third-order valence-electron chi connectivity index (χ3n) is 2.52. The smallest absolute Gasteiger partial charge is 0.126 e. The summed E-state index contributed by atoms with van der Waals surface area (Å²) in [5.74, 6) is 0.622. The van der Waals surface area contributed by atoms with Gasteiger partial charge in [0.25, 0.3) is 0 Å². The van der Waals surface area contributed by atoms with Crippen LogP contribution in [0.3, 0.4) is 0 Å². The molecule has 1 aromatic carbocycles. The Labute approximate surface area is 100 Å². The highest BCUT2D eigenvalue weighted by molar-refractivity contribution is 6.30. The first-order chi connectivity index (χ1) is 7.75. The minimum absolute atomic E-state index is 0.622. The predicted molar refractivity (Wildman–Crippen MR) is 67.5 cm³/mol. The molecule has 2 nitrogen and oxygen atoms in total. The van der Waals surface area contributed by atoms with Crippen LogP contribution in [0.2, 0.25) is 5.02 Å². The van der Waals surface area contributed by atoms with Crippen molar-refractivity contribution in [2.24, 2.45) is 0 Å². The Balaban J connectivity index is 2.02. The minimum Gasteiger partial charge on any atom is -0.383 e. The van der Waals surface area contributed by atoms with Gasteiger partial charge in [0.05, 0.1) is 0 Å². The summed E-state index contributed by atoms with van der Waals surface area (Å²) in [4.78, 5) is 4.06. The number of nitrogens with zero attached hydrogens (tertiary/aromatic N) is 1. The van der Waals surface area contributed by atoms with Gasteiger partial charge in [0, 0.05) is 11.2 Å². The first-order valence-corrected chi connectivity index (χ1v) is 5.57. The lowest BCUT2D eigenvalue weighted by atomic mass is 10.1. The quantitative estimate of drug-likeness (QED) is 0.883. The highest BCUT2D eigenvalue weighted by Crippen LogP contribution is 2.14. The molecular weight excluding hydrogens is 220 g/mol. The zero-order valence-electron chi connectivity index (χ0n) is 8.86. The zero-order chi connectivity index (χ0) is 11.4. The van der Waals surface area contributed by atoms with Crippen LogP contribution in [0.4, 0.5) is 5.82 Å². The molecule has 0 spiro atoms. The van der Waals surface area contributed by atoms with Crippen molar-refractivity contribution in [2.75, 3.05) is 5.73 Å². The van der Waals surface area contributed by atoms with Gasteiger partial charge in [-0.25, -0.2) is 4.98 Å². The van der Waals surface area contributed by atoms with Gasteiger partial charge < -0.3 is 5.73 Å². The monoisotopic (exact) mass is 232 g/mol. The van der Waals surface area contributed by atoms with Crippen LogP contribution in [0.1, 0.15) is 11.1 Å². The Morgan fingerprint density at radius 3 is 2.50 bits per heavy atom. The standard InChI is InChI=1S/C13H13ClN2/c14-12-7-4-10(5-8-12)3-6-11-2-1-9-16-13(11)15/h1-2,4-5,7-9H,3,6H2,(H2,15,16). The maximum Gasteiger partial charge on any atom is 0.126 e. The van der Waals surface area contributed by atoms with E-state index < -0.39 is 0 Å². The summed E-state index contributed by atoms with van der Waals surface area (Å²) in [5, 5.41) is 0.768. The fraction of sp³-hybridized carbons (Fsp3) is 0.154. The number of benzene rings is 1. The van der Waals surface area contributed by atoms with E-state index in [0.717, 1.165) is 23.4 Å². The molecule has 0 amide bonds. The topological polar surface area (TPSA) is 38.9 Å². The summed E-state index contributed by atoms with van der Waals surface area (Å²) >= 11 is 5.82. The Bertz CT molecular complexity index is 466. The van der Waals surface area contributed by atoms with Crippen LogP contribution in [-0.2, 0) is 12.8 Å². The molecule has 3 heteroatoms. The lowest BCUT2D eigenvalue weighted by Gasteiger charge is -2.04. The van der Waals surface area contributed by atoms with Gasteiger partial charge in [-0.1, -0.05) is 29.8 Å². The molecule has 2 aromatic rings. The molecule has 1 aromatic heterocycles. The van der Waals surface area contributed by atoms with Gasteiger partial charge in [0.15, 0.2) is 0 Å². The molecule has 82 valence electrons. The largest absolute Gasteiger partial charge is 0.383 e. The molecule has 0 aliphatic rings. The SMILES string of the molecule is Nc1ncccc1CCc1ccc(Cl)cc1. The maximum absolute atomic E-state index is 5.82. The fourth-order valence-corrected chi connectivity index (χ4v) is 1.72. The molecule has 0 unspecified atom stereocenters. The van der Waals surface area contributed by atoms with E-state index in [0.29, 0.717) is 5.82 Å². The average molecular weight is 233 g/mol. The number of halogens is 1. The molecule has 0 atom stereocenters. The predicted octanol–water partition coefficient (Wildman–Crippen LogP) is 3.10. The van der Waals surface area contributed by atoms with Gasteiger partial charge in [-0.05, 0) is 42.2 Å². The first-order valence-electron chi connectivity index (χ1n) is 5.19. The van der Waals surface area contributed by atoms with Crippen molar-refractivity contribution < 1.29 is 0 Å². The first kappa shape index (κ1) is 11.0. The lowest BCUT2D eigenvalue weighted by Crippen LogP contribution is -1.99. The summed E-state index contributed by atoms with van der Waals surface area (Å²) in [6.07, 6.45) is 3.56. The summed E-state index contributed by atoms with van der Waals surface area (Å²) in [5.41, 5.74) is 8.13. The van der Waals surface area contributed by atoms with Crippen molar-refractivity contribution in [3.8, 4) is 0 Å². The number of anilines is 1. The van der Waals surface area contributed by atoms with Crippen LogP contribution in [0.25, 0.3) is 0 Å². The van der Waals surface area contributed by atoms with E-state index in [-0.39, 0.29) is 0 Å². The average Bonchev–Trinajstić information content (AvgIpc) is 2.30. The molecule has 0 saturated heterocycles. The number of nitrogen functional groups attached to an aromatic ring is 1. The van der Waals surface area contributed by atoms with Crippen molar-refractivity contribution in [3.63, 3.8) is 0 Å². The Kier molecular flexibility index (Phi) is 3.42. The van der Waals surface area contributed by atoms with Crippen molar-refractivity contribution in [2.45, 2.75) is 12.8 Å². The number of aryl methyl sites for hydroxylation is 2.